The zero-order valence-corrected chi connectivity index (χ0v) is 10.1. The smallest absolute Gasteiger partial charge is 0.225 e. The maximum atomic E-state index is 11.6. The van der Waals surface area contributed by atoms with E-state index in [4.69, 9.17) is 4.74 Å². The first-order valence-electron chi connectivity index (χ1n) is 5.70. The highest BCUT2D eigenvalue weighted by Gasteiger charge is 2.04. The first-order chi connectivity index (χ1) is 8.78. The van der Waals surface area contributed by atoms with Crippen LogP contribution in [0.2, 0.25) is 0 Å². The molecule has 0 bridgehead atoms. The number of benzene rings is 1. The Balaban J connectivity index is 1.85. The van der Waals surface area contributed by atoms with Gasteiger partial charge in [-0.05, 0) is 24.1 Å². The highest BCUT2D eigenvalue weighted by atomic mass is 16.5. The van der Waals surface area contributed by atoms with Gasteiger partial charge in [-0.25, -0.2) is 0 Å². The number of anilines is 1. The second kappa shape index (κ2) is 5.86. The van der Waals surface area contributed by atoms with E-state index in [1.54, 1.807) is 19.4 Å². The molecule has 1 aromatic heterocycles. The van der Waals surface area contributed by atoms with Crippen LogP contribution in [0.1, 0.15) is 12.0 Å². The molecule has 0 spiro atoms. The molecule has 1 aromatic carbocycles. The van der Waals surface area contributed by atoms with E-state index in [0.717, 1.165) is 11.3 Å². The lowest BCUT2D eigenvalue weighted by Gasteiger charge is -2.05. The predicted octanol–water partition coefficient (Wildman–Crippen LogP) is 1.99. The number of methoxy groups -OCH3 is 1. The Bertz CT molecular complexity index is 509. The summed E-state index contributed by atoms with van der Waals surface area (Å²) in [5.41, 5.74) is 1.08. The number of nitrogens with zero attached hydrogens (tertiary/aromatic N) is 1. The normalized spacial score (nSPS) is 10.1. The zero-order chi connectivity index (χ0) is 12.8. The molecule has 94 valence electrons. The van der Waals surface area contributed by atoms with Gasteiger partial charge in [-0.2, -0.15) is 5.10 Å². The second-order valence-electron chi connectivity index (χ2n) is 3.87. The molecule has 1 amide bonds. The highest BCUT2D eigenvalue weighted by Crippen LogP contribution is 2.14. The van der Waals surface area contributed by atoms with Gasteiger partial charge in [-0.1, -0.05) is 12.1 Å². The first kappa shape index (κ1) is 12.2. The number of nitrogens with one attached hydrogen (secondary N) is 2. The molecule has 2 rings (SSSR count). The molecule has 0 atom stereocenters. The molecule has 5 heteroatoms. The standard InChI is InChI=1S/C13H15N3O2/c1-18-11-4-2-3-10(9-11)5-6-13(17)15-12-7-8-14-16-12/h2-4,7-9H,5-6H2,1H3,(H2,14,15,16,17). The summed E-state index contributed by atoms with van der Waals surface area (Å²) in [5, 5.41) is 9.17. The molecule has 0 radical (unpaired) electrons. The molecular formula is C13H15N3O2. The number of amides is 1. The van der Waals surface area contributed by atoms with Crippen LogP contribution in [0.5, 0.6) is 5.75 Å². The summed E-state index contributed by atoms with van der Waals surface area (Å²) >= 11 is 0. The molecule has 0 aliphatic heterocycles. The molecule has 0 saturated heterocycles. The van der Waals surface area contributed by atoms with Gasteiger partial charge in [0.25, 0.3) is 0 Å². The van der Waals surface area contributed by atoms with E-state index in [2.05, 4.69) is 15.5 Å². The number of hydrogen-bond donors (Lipinski definition) is 2. The summed E-state index contributed by atoms with van der Waals surface area (Å²) in [7, 11) is 1.63. The van der Waals surface area contributed by atoms with Crippen molar-refractivity contribution in [1.29, 1.82) is 0 Å². The van der Waals surface area contributed by atoms with Gasteiger partial charge in [0.15, 0.2) is 0 Å². The largest absolute Gasteiger partial charge is 0.497 e. The van der Waals surface area contributed by atoms with Crippen molar-refractivity contribution < 1.29 is 9.53 Å². The van der Waals surface area contributed by atoms with Crippen LogP contribution in [0.25, 0.3) is 0 Å². The van der Waals surface area contributed by atoms with Crippen LogP contribution in [0.3, 0.4) is 0 Å². The van der Waals surface area contributed by atoms with Gasteiger partial charge in [-0.3, -0.25) is 9.89 Å². The Kier molecular flexibility index (Phi) is 3.96. The van der Waals surface area contributed by atoms with Crippen LogP contribution in [-0.2, 0) is 11.2 Å². The molecule has 5 nitrogen and oxygen atoms in total. The summed E-state index contributed by atoms with van der Waals surface area (Å²) in [6.45, 7) is 0. The summed E-state index contributed by atoms with van der Waals surface area (Å²) in [6, 6.07) is 9.42. The van der Waals surface area contributed by atoms with Gasteiger partial charge in [0.1, 0.15) is 11.6 Å². The van der Waals surface area contributed by atoms with Crippen molar-refractivity contribution in [2.75, 3.05) is 12.4 Å². The minimum atomic E-state index is -0.0398. The van der Waals surface area contributed by atoms with E-state index < -0.39 is 0 Å². The van der Waals surface area contributed by atoms with Crippen molar-refractivity contribution in [2.45, 2.75) is 12.8 Å². The number of ether oxygens (including phenoxy) is 1. The average molecular weight is 245 g/mol. The van der Waals surface area contributed by atoms with Gasteiger partial charge in [0.05, 0.1) is 13.3 Å². The Hall–Kier alpha value is -2.30. The van der Waals surface area contributed by atoms with Gasteiger partial charge < -0.3 is 10.1 Å². The summed E-state index contributed by atoms with van der Waals surface area (Å²) in [6.07, 6.45) is 2.70. The van der Waals surface area contributed by atoms with Crippen LogP contribution < -0.4 is 10.1 Å². The molecule has 0 aliphatic rings. The number of H-pyrrole nitrogens is 1. The molecule has 2 N–H and O–H groups in total. The van der Waals surface area contributed by atoms with Crippen molar-refractivity contribution in [3.8, 4) is 5.75 Å². The van der Waals surface area contributed by atoms with Gasteiger partial charge in [-0.15, -0.1) is 0 Å². The average Bonchev–Trinajstić information content (AvgIpc) is 2.89. The van der Waals surface area contributed by atoms with E-state index in [9.17, 15) is 4.79 Å². The minimum Gasteiger partial charge on any atom is -0.497 e. The van der Waals surface area contributed by atoms with E-state index in [1.807, 2.05) is 24.3 Å². The minimum absolute atomic E-state index is 0.0398. The van der Waals surface area contributed by atoms with E-state index in [1.165, 1.54) is 0 Å². The maximum Gasteiger partial charge on any atom is 0.225 e. The molecule has 0 aliphatic carbocycles. The van der Waals surface area contributed by atoms with Crippen molar-refractivity contribution >= 4 is 11.7 Å². The Morgan fingerprint density at radius 1 is 1.44 bits per heavy atom. The van der Waals surface area contributed by atoms with Crippen molar-refractivity contribution in [3.05, 3.63) is 42.1 Å². The van der Waals surface area contributed by atoms with Gasteiger partial charge >= 0.3 is 0 Å². The van der Waals surface area contributed by atoms with Crippen LogP contribution >= 0.6 is 0 Å². The first-order valence-corrected chi connectivity index (χ1v) is 5.70. The molecule has 2 aromatic rings. The quantitative estimate of drug-likeness (QED) is 0.846. The molecule has 18 heavy (non-hydrogen) atoms. The second-order valence-corrected chi connectivity index (χ2v) is 3.87. The monoisotopic (exact) mass is 245 g/mol. The third kappa shape index (κ3) is 3.35. The number of aromatic amines is 1. The van der Waals surface area contributed by atoms with Gasteiger partial charge in [0, 0.05) is 12.5 Å². The van der Waals surface area contributed by atoms with Crippen LogP contribution in [0.15, 0.2) is 36.5 Å². The fourth-order valence-corrected chi connectivity index (χ4v) is 1.62. The van der Waals surface area contributed by atoms with E-state index >= 15 is 0 Å². The number of carbonyl (C=O) groups excluding carboxylic acids is 1. The summed E-state index contributed by atoms with van der Waals surface area (Å²) in [4.78, 5) is 11.6. The lowest BCUT2D eigenvalue weighted by atomic mass is 10.1. The Morgan fingerprint density at radius 3 is 3.06 bits per heavy atom. The van der Waals surface area contributed by atoms with Crippen molar-refractivity contribution in [1.82, 2.24) is 10.2 Å². The van der Waals surface area contributed by atoms with Crippen LogP contribution in [-0.4, -0.2) is 23.2 Å². The topological polar surface area (TPSA) is 67.0 Å². The third-order valence-electron chi connectivity index (χ3n) is 2.55. The third-order valence-corrected chi connectivity index (χ3v) is 2.55. The number of aryl methyl sites for hydroxylation is 1. The lowest BCUT2D eigenvalue weighted by Crippen LogP contribution is -2.12. The lowest BCUT2D eigenvalue weighted by molar-refractivity contribution is -0.116. The van der Waals surface area contributed by atoms with Gasteiger partial charge in [0.2, 0.25) is 5.91 Å². The number of hydrogen-bond acceptors (Lipinski definition) is 3. The van der Waals surface area contributed by atoms with Crippen LogP contribution in [0.4, 0.5) is 5.82 Å². The number of rotatable bonds is 5. The Labute approximate surface area is 105 Å². The van der Waals surface area contributed by atoms with E-state index in [-0.39, 0.29) is 5.91 Å². The number of carbonyl (C=O) groups is 1. The molecule has 0 saturated carbocycles. The molecular weight excluding hydrogens is 230 g/mol. The van der Waals surface area contributed by atoms with Crippen LogP contribution in [0, 0.1) is 0 Å². The molecule has 1 heterocycles. The van der Waals surface area contributed by atoms with Crippen molar-refractivity contribution in [2.24, 2.45) is 0 Å². The molecule has 0 unspecified atom stereocenters. The zero-order valence-electron chi connectivity index (χ0n) is 10.1. The number of aromatic nitrogens is 2. The fraction of sp³-hybridized carbons (Fsp3) is 0.231. The van der Waals surface area contributed by atoms with E-state index in [0.29, 0.717) is 18.7 Å². The predicted molar refractivity (Wildman–Crippen MR) is 68.5 cm³/mol. The summed E-state index contributed by atoms with van der Waals surface area (Å²) < 4.78 is 5.13. The fourth-order valence-electron chi connectivity index (χ4n) is 1.62. The summed E-state index contributed by atoms with van der Waals surface area (Å²) in [5.74, 6) is 1.38. The van der Waals surface area contributed by atoms with Crippen molar-refractivity contribution in [3.63, 3.8) is 0 Å². The molecule has 0 fully saturated rings. The SMILES string of the molecule is COc1cccc(CCC(=O)Nc2ccn[nH]2)c1. The Morgan fingerprint density at radius 2 is 2.33 bits per heavy atom. The highest BCUT2D eigenvalue weighted by molar-refractivity contribution is 5.89. The maximum absolute atomic E-state index is 11.6.